The highest BCUT2D eigenvalue weighted by atomic mass is 15.5. The molecule has 0 aromatic heterocycles. The van der Waals surface area contributed by atoms with Crippen LogP contribution in [0.15, 0.2) is 0 Å². The van der Waals surface area contributed by atoms with Gasteiger partial charge >= 0.3 is 0 Å². The zero-order chi connectivity index (χ0) is 6.85. The van der Waals surface area contributed by atoms with Crippen molar-refractivity contribution >= 4 is 0 Å². The van der Waals surface area contributed by atoms with E-state index in [1.807, 2.05) is 7.05 Å². The van der Waals surface area contributed by atoms with Crippen LogP contribution in [0.4, 0.5) is 0 Å². The van der Waals surface area contributed by atoms with Crippen LogP contribution in [-0.4, -0.2) is 24.1 Å². The minimum absolute atomic E-state index is 0.727. The van der Waals surface area contributed by atoms with Crippen LogP contribution in [-0.2, 0) is 0 Å². The van der Waals surface area contributed by atoms with Crippen LogP contribution < -0.4 is 5.43 Å². The normalized spacial score (nSPS) is 37.7. The van der Waals surface area contributed by atoms with Crippen molar-refractivity contribution < 1.29 is 0 Å². The standard InChI is InChI=1S/C7H16N2/c1-6-4-5-7(2)9(6)8-3/h6-8H,4-5H2,1-3H3/t6-,7-/m1/s1. The van der Waals surface area contributed by atoms with Crippen molar-refractivity contribution in [3.05, 3.63) is 0 Å². The van der Waals surface area contributed by atoms with E-state index in [4.69, 9.17) is 0 Å². The summed E-state index contributed by atoms with van der Waals surface area (Å²) in [4.78, 5) is 0. The van der Waals surface area contributed by atoms with E-state index < -0.39 is 0 Å². The van der Waals surface area contributed by atoms with E-state index in [2.05, 4.69) is 24.3 Å². The quantitative estimate of drug-likeness (QED) is 0.566. The van der Waals surface area contributed by atoms with Crippen molar-refractivity contribution in [2.75, 3.05) is 7.05 Å². The van der Waals surface area contributed by atoms with Gasteiger partial charge < -0.3 is 0 Å². The van der Waals surface area contributed by atoms with Gasteiger partial charge in [-0.05, 0) is 33.7 Å². The first-order valence-electron chi connectivity index (χ1n) is 3.71. The molecule has 0 unspecified atom stereocenters. The van der Waals surface area contributed by atoms with Gasteiger partial charge in [0.05, 0.1) is 0 Å². The maximum Gasteiger partial charge on any atom is 0.0218 e. The Balaban J connectivity index is 2.44. The summed E-state index contributed by atoms with van der Waals surface area (Å²) in [6.45, 7) is 4.53. The highest BCUT2D eigenvalue weighted by Crippen LogP contribution is 2.19. The fourth-order valence-corrected chi connectivity index (χ4v) is 1.64. The third kappa shape index (κ3) is 1.25. The van der Waals surface area contributed by atoms with Crippen molar-refractivity contribution in [1.29, 1.82) is 0 Å². The molecule has 0 amide bonds. The van der Waals surface area contributed by atoms with Gasteiger partial charge in [0, 0.05) is 12.1 Å². The summed E-state index contributed by atoms with van der Waals surface area (Å²) >= 11 is 0. The van der Waals surface area contributed by atoms with E-state index in [0.717, 1.165) is 12.1 Å². The number of rotatable bonds is 1. The average Bonchev–Trinajstić information content (AvgIpc) is 2.12. The first-order valence-corrected chi connectivity index (χ1v) is 3.71. The average molecular weight is 128 g/mol. The number of hydrogen-bond donors (Lipinski definition) is 1. The summed E-state index contributed by atoms with van der Waals surface area (Å²) in [6.07, 6.45) is 2.67. The molecular weight excluding hydrogens is 112 g/mol. The predicted octanol–water partition coefficient (Wildman–Crippen LogP) is 0.994. The maximum absolute atomic E-state index is 3.20. The second-order valence-corrected chi connectivity index (χ2v) is 2.91. The Kier molecular flexibility index (Phi) is 2.09. The van der Waals surface area contributed by atoms with E-state index in [-0.39, 0.29) is 0 Å². The summed E-state index contributed by atoms with van der Waals surface area (Å²) < 4.78 is 0. The van der Waals surface area contributed by atoms with Crippen molar-refractivity contribution in [2.45, 2.75) is 38.8 Å². The van der Waals surface area contributed by atoms with Gasteiger partial charge in [0.2, 0.25) is 0 Å². The van der Waals surface area contributed by atoms with E-state index in [1.54, 1.807) is 0 Å². The van der Waals surface area contributed by atoms with E-state index in [0.29, 0.717) is 0 Å². The van der Waals surface area contributed by atoms with Gasteiger partial charge in [-0.1, -0.05) is 0 Å². The van der Waals surface area contributed by atoms with Crippen molar-refractivity contribution in [1.82, 2.24) is 10.4 Å². The Morgan fingerprint density at radius 3 is 1.89 bits per heavy atom. The van der Waals surface area contributed by atoms with Crippen LogP contribution in [0, 0.1) is 0 Å². The molecule has 1 heterocycles. The molecule has 2 heteroatoms. The minimum atomic E-state index is 0.727. The lowest BCUT2D eigenvalue weighted by atomic mass is 10.2. The molecule has 0 saturated carbocycles. The lowest BCUT2D eigenvalue weighted by molar-refractivity contribution is 0.152. The molecule has 1 saturated heterocycles. The molecule has 2 nitrogen and oxygen atoms in total. The highest BCUT2D eigenvalue weighted by molar-refractivity contribution is 4.78. The molecule has 1 N–H and O–H groups in total. The van der Waals surface area contributed by atoms with Crippen molar-refractivity contribution in [3.8, 4) is 0 Å². The van der Waals surface area contributed by atoms with Crippen LogP contribution in [0.25, 0.3) is 0 Å². The predicted molar refractivity (Wildman–Crippen MR) is 39.1 cm³/mol. The second kappa shape index (κ2) is 2.67. The van der Waals surface area contributed by atoms with Crippen LogP contribution in [0.2, 0.25) is 0 Å². The zero-order valence-electron chi connectivity index (χ0n) is 6.52. The number of hydrogen-bond acceptors (Lipinski definition) is 2. The molecule has 1 rings (SSSR count). The van der Waals surface area contributed by atoms with E-state index in [9.17, 15) is 0 Å². The molecule has 0 aromatic rings. The summed E-state index contributed by atoms with van der Waals surface area (Å²) in [5.41, 5.74) is 3.20. The second-order valence-electron chi connectivity index (χ2n) is 2.91. The van der Waals surface area contributed by atoms with E-state index in [1.165, 1.54) is 12.8 Å². The number of nitrogens with zero attached hydrogens (tertiary/aromatic N) is 1. The molecule has 0 spiro atoms. The Hall–Kier alpha value is -0.0800. The first-order chi connectivity index (χ1) is 4.25. The SMILES string of the molecule is CNN1[C@H](C)CC[C@H]1C. The van der Waals surface area contributed by atoms with Gasteiger partial charge in [-0.25, -0.2) is 5.01 Å². The monoisotopic (exact) mass is 128 g/mol. The Morgan fingerprint density at radius 2 is 1.67 bits per heavy atom. The maximum atomic E-state index is 3.20. The van der Waals surface area contributed by atoms with Crippen LogP contribution in [0.1, 0.15) is 26.7 Å². The molecule has 9 heavy (non-hydrogen) atoms. The summed E-state index contributed by atoms with van der Waals surface area (Å²) in [5, 5.41) is 2.32. The molecule has 2 atom stereocenters. The fraction of sp³-hybridized carbons (Fsp3) is 1.00. The summed E-state index contributed by atoms with van der Waals surface area (Å²) in [7, 11) is 2.00. The Bertz CT molecular complexity index is 82.9. The van der Waals surface area contributed by atoms with E-state index >= 15 is 0 Å². The van der Waals surface area contributed by atoms with Crippen molar-refractivity contribution in [3.63, 3.8) is 0 Å². The number of nitrogens with one attached hydrogen (secondary N) is 1. The summed E-state index contributed by atoms with van der Waals surface area (Å²) in [6, 6.07) is 1.45. The summed E-state index contributed by atoms with van der Waals surface area (Å²) in [5.74, 6) is 0. The van der Waals surface area contributed by atoms with Crippen LogP contribution in [0.5, 0.6) is 0 Å². The van der Waals surface area contributed by atoms with Gasteiger partial charge in [0.1, 0.15) is 0 Å². The van der Waals surface area contributed by atoms with Crippen LogP contribution in [0.3, 0.4) is 0 Å². The topological polar surface area (TPSA) is 15.3 Å². The molecule has 0 radical (unpaired) electrons. The first kappa shape index (κ1) is 7.03. The molecule has 1 aliphatic heterocycles. The van der Waals surface area contributed by atoms with Crippen LogP contribution >= 0.6 is 0 Å². The minimum Gasteiger partial charge on any atom is -0.258 e. The zero-order valence-corrected chi connectivity index (χ0v) is 6.52. The number of hydrazine groups is 1. The van der Waals surface area contributed by atoms with Gasteiger partial charge in [-0.15, -0.1) is 0 Å². The molecule has 0 aliphatic carbocycles. The fourth-order valence-electron chi connectivity index (χ4n) is 1.64. The lowest BCUT2D eigenvalue weighted by Gasteiger charge is -2.23. The van der Waals surface area contributed by atoms with Crippen molar-refractivity contribution in [2.24, 2.45) is 0 Å². The smallest absolute Gasteiger partial charge is 0.0218 e. The Labute approximate surface area is 57.2 Å². The molecule has 0 bridgehead atoms. The van der Waals surface area contributed by atoms with Gasteiger partial charge in [-0.2, -0.15) is 0 Å². The lowest BCUT2D eigenvalue weighted by Crippen LogP contribution is -2.41. The Morgan fingerprint density at radius 1 is 1.22 bits per heavy atom. The molecule has 1 aliphatic rings. The third-order valence-corrected chi connectivity index (χ3v) is 2.21. The molecular formula is C7H16N2. The van der Waals surface area contributed by atoms with Gasteiger partial charge in [0.25, 0.3) is 0 Å². The van der Waals surface area contributed by atoms with Gasteiger partial charge in [0.15, 0.2) is 0 Å². The molecule has 54 valence electrons. The third-order valence-electron chi connectivity index (χ3n) is 2.21. The molecule has 1 fully saturated rings. The largest absolute Gasteiger partial charge is 0.258 e. The van der Waals surface area contributed by atoms with Gasteiger partial charge in [-0.3, -0.25) is 5.43 Å². The molecule has 0 aromatic carbocycles. The highest BCUT2D eigenvalue weighted by Gasteiger charge is 2.25.